The van der Waals surface area contributed by atoms with Crippen LogP contribution in [0.3, 0.4) is 0 Å². The molecule has 0 aliphatic carbocycles. The zero-order valence-corrected chi connectivity index (χ0v) is 21.1. The van der Waals surface area contributed by atoms with Crippen LogP contribution in [0.15, 0.2) is 18.2 Å². The minimum absolute atomic E-state index is 0.157. The lowest BCUT2D eigenvalue weighted by Gasteiger charge is -2.29. The molecule has 0 saturated carbocycles. The van der Waals surface area contributed by atoms with Crippen molar-refractivity contribution in [2.24, 2.45) is 0 Å². The van der Waals surface area contributed by atoms with Gasteiger partial charge in [0.25, 0.3) is 5.91 Å². The number of aromatic nitrogens is 2. The largest absolute Gasteiger partial charge is 0.482 e. The fourth-order valence-electron chi connectivity index (χ4n) is 3.53. The van der Waals surface area contributed by atoms with Crippen LogP contribution in [0.1, 0.15) is 39.1 Å². The van der Waals surface area contributed by atoms with E-state index in [1.807, 2.05) is 26.0 Å². The number of rotatable bonds is 6. The van der Waals surface area contributed by atoms with Crippen molar-refractivity contribution in [1.29, 1.82) is 0 Å². The van der Waals surface area contributed by atoms with E-state index >= 15 is 0 Å². The van der Waals surface area contributed by atoms with Gasteiger partial charge in [0.1, 0.15) is 17.2 Å². The van der Waals surface area contributed by atoms with Crippen molar-refractivity contribution in [3.05, 3.63) is 38.7 Å². The average Bonchev–Trinajstić information content (AvgIpc) is 3.30. The van der Waals surface area contributed by atoms with Gasteiger partial charge in [0, 0.05) is 10.4 Å². The van der Waals surface area contributed by atoms with Gasteiger partial charge in [-0.3, -0.25) is 14.5 Å². The van der Waals surface area contributed by atoms with E-state index in [0.29, 0.717) is 22.0 Å². The minimum Gasteiger partial charge on any atom is -0.482 e. The molecule has 0 unspecified atom stereocenters. The first-order valence-corrected chi connectivity index (χ1v) is 12.3. The number of ether oxygens (including phenoxy) is 2. The minimum atomic E-state index is -0.483. The van der Waals surface area contributed by atoms with Gasteiger partial charge in [0.15, 0.2) is 11.7 Å². The normalized spacial score (nSPS) is 13.0. The van der Waals surface area contributed by atoms with Gasteiger partial charge in [-0.1, -0.05) is 11.3 Å². The van der Waals surface area contributed by atoms with Crippen molar-refractivity contribution in [2.75, 3.05) is 23.4 Å². The molecule has 1 N–H and O–H groups in total. The highest BCUT2D eigenvalue weighted by Gasteiger charge is 2.29. The highest BCUT2D eigenvalue weighted by Crippen LogP contribution is 2.37. The van der Waals surface area contributed by atoms with E-state index in [-0.39, 0.29) is 30.3 Å². The van der Waals surface area contributed by atoms with Crippen molar-refractivity contribution < 1.29 is 23.9 Å². The Morgan fingerprint density at radius 1 is 1.21 bits per heavy atom. The Bertz CT molecular complexity index is 1280. The third-order valence-electron chi connectivity index (χ3n) is 4.95. The second kappa shape index (κ2) is 9.51. The Balaban J connectivity index is 1.54. The molecule has 0 spiro atoms. The topological polar surface area (TPSA) is 111 Å². The Morgan fingerprint density at radius 3 is 2.65 bits per heavy atom. The summed E-state index contributed by atoms with van der Waals surface area (Å²) in [4.78, 5) is 49.3. The van der Waals surface area contributed by atoms with Crippen molar-refractivity contribution in [3.63, 3.8) is 0 Å². The highest BCUT2D eigenvalue weighted by atomic mass is 32.1. The summed E-state index contributed by atoms with van der Waals surface area (Å²) < 4.78 is 10.8. The summed E-state index contributed by atoms with van der Waals surface area (Å²) >= 11 is 2.63. The van der Waals surface area contributed by atoms with Gasteiger partial charge in [0.05, 0.1) is 28.2 Å². The average molecular weight is 501 g/mol. The Kier molecular flexibility index (Phi) is 6.67. The lowest BCUT2D eigenvalue weighted by atomic mass is 10.1. The van der Waals surface area contributed by atoms with Crippen molar-refractivity contribution in [3.8, 4) is 17.0 Å². The van der Waals surface area contributed by atoms with Gasteiger partial charge >= 0.3 is 5.97 Å². The van der Waals surface area contributed by atoms with E-state index in [1.165, 1.54) is 4.90 Å². The number of hydrogen-bond acceptors (Lipinski definition) is 9. The fraction of sp³-hybridized carbons (Fsp3) is 0.348. The number of carbonyl (C=O) groups is 3. The van der Waals surface area contributed by atoms with Crippen LogP contribution in [0.5, 0.6) is 5.75 Å². The van der Waals surface area contributed by atoms with Crippen LogP contribution in [0, 0.1) is 20.8 Å². The Labute approximate surface area is 204 Å². The number of hydrogen-bond donors (Lipinski definition) is 1. The van der Waals surface area contributed by atoms with Gasteiger partial charge < -0.3 is 14.8 Å². The summed E-state index contributed by atoms with van der Waals surface area (Å²) in [5, 5.41) is 3.90. The van der Waals surface area contributed by atoms with Gasteiger partial charge in [-0.15, -0.1) is 11.3 Å². The molecule has 0 radical (unpaired) electrons. The molecule has 34 heavy (non-hydrogen) atoms. The molecule has 2 aromatic heterocycles. The number of fused-ring (bicyclic) bond motifs is 1. The number of aryl methyl sites for hydroxylation is 3. The molecule has 1 aromatic carbocycles. The van der Waals surface area contributed by atoms with Crippen LogP contribution in [0.2, 0.25) is 0 Å². The SMILES string of the molecule is Cc1nc(-c2ccc3c(c2)N(CC(=O)Nc2nc(C)c(C(=O)OC(C)C)s2)C(=O)CO3)c(C)s1. The Morgan fingerprint density at radius 2 is 1.97 bits per heavy atom. The third-order valence-corrected chi connectivity index (χ3v) is 6.89. The van der Waals surface area contributed by atoms with Crippen LogP contribution in [-0.2, 0) is 14.3 Å². The predicted octanol–water partition coefficient (Wildman–Crippen LogP) is 4.12. The van der Waals surface area contributed by atoms with Crippen molar-refractivity contribution >= 4 is 51.3 Å². The van der Waals surface area contributed by atoms with Gasteiger partial charge in [-0.2, -0.15) is 0 Å². The molecule has 3 heterocycles. The van der Waals surface area contributed by atoms with E-state index in [4.69, 9.17) is 9.47 Å². The van der Waals surface area contributed by atoms with Crippen molar-refractivity contribution in [1.82, 2.24) is 9.97 Å². The van der Waals surface area contributed by atoms with Crippen LogP contribution in [0.4, 0.5) is 10.8 Å². The molecule has 0 fully saturated rings. The van der Waals surface area contributed by atoms with Crippen LogP contribution in [-0.4, -0.2) is 47.0 Å². The number of amides is 2. The monoisotopic (exact) mass is 500 g/mol. The molecule has 0 bridgehead atoms. The van der Waals surface area contributed by atoms with Crippen molar-refractivity contribution in [2.45, 2.75) is 40.7 Å². The number of thiazole rings is 2. The molecule has 1 aliphatic rings. The zero-order valence-electron chi connectivity index (χ0n) is 19.4. The molecule has 4 rings (SSSR count). The maximum atomic E-state index is 12.8. The highest BCUT2D eigenvalue weighted by molar-refractivity contribution is 7.17. The van der Waals surface area contributed by atoms with E-state index in [0.717, 1.165) is 32.5 Å². The van der Waals surface area contributed by atoms with Crippen LogP contribution >= 0.6 is 22.7 Å². The predicted molar refractivity (Wildman–Crippen MR) is 131 cm³/mol. The molecular formula is C23H24N4O5S2. The summed E-state index contributed by atoms with van der Waals surface area (Å²) in [5.74, 6) is -0.736. The summed E-state index contributed by atoms with van der Waals surface area (Å²) in [6, 6.07) is 5.49. The quantitative estimate of drug-likeness (QED) is 0.507. The molecule has 3 aromatic rings. The summed E-state index contributed by atoms with van der Waals surface area (Å²) in [6.45, 7) is 8.75. The van der Waals surface area contributed by atoms with E-state index in [2.05, 4.69) is 15.3 Å². The van der Waals surface area contributed by atoms with Gasteiger partial charge in [0.2, 0.25) is 5.91 Å². The van der Waals surface area contributed by atoms with E-state index < -0.39 is 11.9 Å². The molecule has 2 amide bonds. The first kappa shape index (κ1) is 23.8. The number of carbonyl (C=O) groups excluding carboxylic acids is 3. The zero-order chi connectivity index (χ0) is 24.6. The maximum absolute atomic E-state index is 12.8. The second-order valence-corrected chi connectivity index (χ2v) is 10.4. The first-order chi connectivity index (χ1) is 16.1. The molecule has 0 atom stereocenters. The fourth-order valence-corrected chi connectivity index (χ4v) is 5.23. The summed E-state index contributed by atoms with van der Waals surface area (Å²) in [5.41, 5.74) is 2.66. The molecule has 178 valence electrons. The number of nitrogens with one attached hydrogen (secondary N) is 1. The summed E-state index contributed by atoms with van der Waals surface area (Å²) in [7, 11) is 0. The number of esters is 1. The Hall–Kier alpha value is -3.31. The molecule has 0 saturated heterocycles. The maximum Gasteiger partial charge on any atom is 0.350 e. The molecule has 1 aliphatic heterocycles. The smallest absolute Gasteiger partial charge is 0.350 e. The molecule has 9 nitrogen and oxygen atoms in total. The second-order valence-electron chi connectivity index (χ2n) is 8.02. The third kappa shape index (κ3) is 4.95. The standard InChI is InChI=1S/C23H24N4O5S2/c1-11(2)32-22(30)21-12(3)24-23(34-21)26-18(28)9-27-16-8-15(20-13(4)33-14(5)25-20)6-7-17(16)31-10-19(27)29/h6-8,11H,9-10H2,1-5H3,(H,24,26,28). The van der Waals surface area contributed by atoms with E-state index in [9.17, 15) is 14.4 Å². The van der Waals surface area contributed by atoms with Crippen LogP contribution in [0.25, 0.3) is 11.3 Å². The van der Waals surface area contributed by atoms with Crippen LogP contribution < -0.4 is 15.0 Å². The van der Waals surface area contributed by atoms with Gasteiger partial charge in [-0.05, 0) is 52.8 Å². The number of anilines is 2. The van der Waals surface area contributed by atoms with Gasteiger partial charge in [-0.25, -0.2) is 14.8 Å². The number of benzene rings is 1. The molecular weight excluding hydrogens is 476 g/mol. The molecule has 11 heteroatoms. The number of nitrogens with zero attached hydrogens (tertiary/aromatic N) is 3. The van der Waals surface area contributed by atoms with E-state index in [1.54, 1.807) is 38.2 Å². The lowest BCUT2D eigenvalue weighted by molar-refractivity contribution is -0.123. The lowest BCUT2D eigenvalue weighted by Crippen LogP contribution is -2.43. The first-order valence-electron chi connectivity index (χ1n) is 10.6. The summed E-state index contributed by atoms with van der Waals surface area (Å²) in [6.07, 6.45) is -0.263.